The van der Waals surface area contributed by atoms with Crippen molar-refractivity contribution in [3.8, 4) is 0 Å². The highest BCUT2D eigenvalue weighted by Gasteiger charge is 2.22. The first-order valence-electron chi connectivity index (χ1n) is 4.52. The summed E-state index contributed by atoms with van der Waals surface area (Å²) in [6.07, 6.45) is 1.91. The van der Waals surface area contributed by atoms with Gasteiger partial charge in [0, 0.05) is 25.7 Å². The third kappa shape index (κ3) is 2.37. The highest BCUT2D eigenvalue weighted by atomic mass is 16.2. The fraction of sp³-hybridized carbons (Fsp3) is 0.875. The van der Waals surface area contributed by atoms with Crippen LogP contribution in [-0.2, 0) is 0 Å². The highest BCUT2D eigenvalue weighted by molar-refractivity contribution is 5.74. The van der Waals surface area contributed by atoms with Crippen LogP contribution < -0.4 is 11.1 Å². The molecule has 1 rings (SSSR count). The van der Waals surface area contributed by atoms with Crippen LogP contribution in [0.15, 0.2) is 0 Å². The van der Waals surface area contributed by atoms with E-state index in [-0.39, 0.29) is 12.1 Å². The maximum Gasteiger partial charge on any atom is 0.317 e. The molecule has 1 saturated heterocycles. The molecular formula is C8H17N3O. The number of amides is 2. The van der Waals surface area contributed by atoms with E-state index in [4.69, 9.17) is 5.73 Å². The second-order valence-corrected chi connectivity index (χ2v) is 3.23. The second-order valence-electron chi connectivity index (χ2n) is 3.23. The molecule has 1 fully saturated rings. The molecule has 12 heavy (non-hydrogen) atoms. The van der Waals surface area contributed by atoms with E-state index in [0.29, 0.717) is 6.54 Å². The number of nitrogens with one attached hydrogen (secondary N) is 1. The number of carbonyl (C=O) groups is 1. The summed E-state index contributed by atoms with van der Waals surface area (Å²) in [4.78, 5) is 13.1. The standard InChI is InChI=1S/C8H17N3O/c1-2-4-10-8(12)11-5-3-7(9)6-11/h7H,2-6,9H2,1H3,(H,10,12). The van der Waals surface area contributed by atoms with Crippen LogP contribution in [0, 0.1) is 0 Å². The van der Waals surface area contributed by atoms with Gasteiger partial charge in [-0.2, -0.15) is 0 Å². The lowest BCUT2D eigenvalue weighted by Gasteiger charge is -2.15. The van der Waals surface area contributed by atoms with E-state index in [0.717, 1.165) is 25.9 Å². The Balaban J connectivity index is 2.23. The minimum Gasteiger partial charge on any atom is -0.338 e. The fourth-order valence-corrected chi connectivity index (χ4v) is 1.32. The van der Waals surface area contributed by atoms with Crippen LogP contribution in [0.1, 0.15) is 19.8 Å². The van der Waals surface area contributed by atoms with Gasteiger partial charge in [-0.3, -0.25) is 0 Å². The summed E-state index contributed by atoms with van der Waals surface area (Å²) in [6, 6.07) is 0.210. The Labute approximate surface area is 73.1 Å². The zero-order valence-electron chi connectivity index (χ0n) is 7.55. The summed E-state index contributed by atoms with van der Waals surface area (Å²) in [6.45, 7) is 4.30. The lowest BCUT2D eigenvalue weighted by molar-refractivity contribution is 0.208. The number of likely N-dealkylation sites (tertiary alicyclic amines) is 1. The molecule has 1 aliphatic heterocycles. The summed E-state index contributed by atoms with van der Waals surface area (Å²) >= 11 is 0. The van der Waals surface area contributed by atoms with Crippen LogP contribution in [0.2, 0.25) is 0 Å². The Hall–Kier alpha value is -0.770. The van der Waals surface area contributed by atoms with E-state index in [1.807, 2.05) is 6.92 Å². The Morgan fingerprint density at radius 2 is 2.50 bits per heavy atom. The van der Waals surface area contributed by atoms with Crippen molar-refractivity contribution in [1.29, 1.82) is 0 Å². The predicted octanol–water partition coefficient (Wildman–Crippen LogP) is 0.139. The van der Waals surface area contributed by atoms with Gasteiger partial charge in [0.2, 0.25) is 0 Å². The van der Waals surface area contributed by atoms with Gasteiger partial charge in [-0.05, 0) is 12.8 Å². The molecule has 1 unspecified atom stereocenters. The van der Waals surface area contributed by atoms with Crippen LogP contribution in [-0.4, -0.2) is 36.6 Å². The first-order chi connectivity index (χ1) is 5.74. The average Bonchev–Trinajstić information content (AvgIpc) is 2.47. The number of nitrogens with zero attached hydrogens (tertiary/aromatic N) is 1. The number of urea groups is 1. The van der Waals surface area contributed by atoms with Crippen LogP contribution in [0.3, 0.4) is 0 Å². The van der Waals surface area contributed by atoms with Gasteiger partial charge in [-0.15, -0.1) is 0 Å². The van der Waals surface area contributed by atoms with Crippen molar-refractivity contribution in [2.75, 3.05) is 19.6 Å². The second kappa shape index (κ2) is 4.30. The average molecular weight is 171 g/mol. The number of carbonyl (C=O) groups excluding carboxylic acids is 1. The summed E-state index contributed by atoms with van der Waals surface area (Å²) in [5, 5.41) is 2.83. The van der Waals surface area contributed by atoms with Crippen molar-refractivity contribution in [1.82, 2.24) is 10.2 Å². The summed E-state index contributed by atoms with van der Waals surface area (Å²) in [5.74, 6) is 0. The molecule has 0 aliphatic carbocycles. The highest BCUT2D eigenvalue weighted by Crippen LogP contribution is 2.06. The van der Waals surface area contributed by atoms with Crippen molar-refractivity contribution < 1.29 is 4.79 Å². The fourth-order valence-electron chi connectivity index (χ4n) is 1.32. The molecular weight excluding hydrogens is 154 g/mol. The normalized spacial score (nSPS) is 22.8. The van der Waals surface area contributed by atoms with E-state index in [2.05, 4.69) is 5.32 Å². The van der Waals surface area contributed by atoms with Gasteiger partial charge in [-0.25, -0.2) is 4.79 Å². The van der Waals surface area contributed by atoms with Crippen molar-refractivity contribution in [3.63, 3.8) is 0 Å². The summed E-state index contributed by atoms with van der Waals surface area (Å²) in [7, 11) is 0. The first-order valence-corrected chi connectivity index (χ1v) is 4.52. The lowest BCUT2D eigenvalue weighted by Crippen LogP contribution is -2.40. The van der Waals surface area contributed by atoms with Gasteiger partial charge < -0.3 is 16.0 Å². The van der Waals surface area contributed by atoms with E-state index < -0.39 is 0 Å². The number of rotatable bonds is 2. The van der Waals surface area contributed by atoms with Crippen LogP contribution in [0.25, 0.3) is 0 Å². The molecule has 0 aromatic carbocycles. The molecule has 4 heteroatoms. The molecule has 0 aromatic heterocycles. The maximum atomic E-state index is 11.3. The molecule has 4 nitrogen and oxygen atoms in total. The van der Waals surface area contributed by atoms with E-state index in [1.54, 1.807) is 4.90 Å². The molecule has 1 aliphatic rings. The van der Waals surface area contributed by atoms with Crippen LogP contribution >= 0.6 is 0 Å². The number of hydrogen-bond donors (Lipinski definition) is 2. The van der Waals surface area contributed by atoms with Crippen molar-refractivity contribution in [2.45, 2.75) is 25.8 Å². The maximum absolute atomic E-state index is 11.3. The molecule has 3 N–H and O–H groups in total. The zero-order chi connectivity index (χ0) is 8.97. The molecule has 0 saturated carbocycles. The molecule has 70 valence electrons. The topological polar surface area (TPSA) is 58.4 Å². The smallest absolute Gasteiger partial charge is 0.317 e. The lowest BCUT2D eigenvalue weighted by atomic mass is 10.3. The third-order valence-electron chi connectivity index (χ3n) is 2.04. The van der Waals surface area contributed by atoms with Gasteiger partial charge in [-0.1, -0.05) is 6.92 Å². The molecule has 0 radical (unpaired) electrons. The molecule has 0 spiro atoms. The number of nitrogens with two attached hydrogens (primary N) is 1. The minimum atomic E-state index is 0.0322. The molecule has 2 amide bonds. The Kier molecular flexibility index (Phi) is 3.34. The monoisotopic (exact) mass is 171 g/mol. The SMILES string of the molecule is CCCNC(=O)N1CCC(N)C1. The van der Waals surface area contributed by atoms with Crippen LogP contribution in [0.5, 0.6) is 0 Å². The molecule has 1 atom stereocenters. The predicted molar refractivity (Wildman–Crippen MR) is 47.9 cm³/mol. The van der Waals surface area contributed by atoms with Crippen molar-refractivity contribution in [3.05, 3.63) is 0 Å². The van der Waals surface area contributed by atoms with E-state index >= 15 is 0 Å². The summed E-state index contributed by atoms with van der Waals surface area (Å²) in [5.41, 5.74) is 5.67. The molecule has 0 bridgehead atoms. The van der Waals surface area contributed by atoms with Crippen LogP contribution in [0.4, 0.5) is 4.79 Å². The van der Waals surface area contributed by atoms with E-state index in [1.165, 1.54) is 0 Å². The Bertz CT molecular complexity index is 160. The van der Waals surface area contributed by atoms with Crippen molar-refractivity contribution in [2.24, 2.45) is 5.73 Å². The van der Waals surface area contributed by atoms with Gasteiger partial charge in [0.05, 0.1) is 0 Å². The van der Waals surface area contributed by atoms with Crippen molar-refractivity contribution >= 4 is 6.03 Å². The van der Waals surface area contributed by atoms with Gasteiger partial charge in [0.15, 0.2) is 0 Å². The first kappa shape index (κ1) is 9.32. The Morgan fingerprint density at radius 3 is 3.00 bits per heavy atom. The van der Waals surface area contributed by atoms with Gasteiger partial charge in [0.25, 0.3) is 0 Å². The zero-order valence-corrected chi connectivity index (χ0v) is 7.55. The Morgan fingerprint density at radius 1 is 1.75 bits per heavy atom. The van der Waals surface area contributed by atoms with Gasteiger partial charge >= 0.3 is 6.03 Å². The third-order valence-corrected chi connectivity index (χ3v) is 2.04. The van der Waals surface area contributed by atoms with E-state index in [9.17, 15) is 4.79 Å². The molecule has 1 heterocycles. The quantitative estimate of drug-likeness (QED) is 0.621. The largest absolute Gasteiger partial charge is 0.338 e. The minimum absolute atomic E-state index is 0.0322. The number of hydrogen-bond acceptors (Lipinski definition) is 2. The summed E-state index contributed by atoms with van der Waals surface area (Å²) < 4.78 is 0. The van der Waals surface area contributed by atoms with Gasteiger partial charge in [0.1, 0.15) is 0 Å². The molecule has 0 aromatic rings.